The zero-order valence-electron chi connectivity index (χ0n) is 16.9. The first-order valence-electron chi connectivity index (χ1n) is 9.88. The van der Waals surface area contributed by atoms with Crippen LogP contribution in [0, 0.1) is 5.92 Å². The van der Waals surface area contributed by atoms with Crippen molar-refractivity contribution in [3.63, 3.8) is 0 Å². The Kier molecular flexibility index (Phi) is 6.74. The molecular formula is C21H28N4O4. The second-order valence-corrected chi connectivity index (χ2v) is 7.32. The van der Waals surface area contributed by atoms with Crippen LogP contribution in [0.3, 0.4) is 0 Å². The molecule has 0 unspecified atom stereocenters. The molecule has 2 amide bonds. The van der Waals surface area contributed by atoms with Gasteiger partial charge in [0.1, 0.15) is 18.1 Å². The van der Waals surface area contributed by atoms with Crippen LogP contribution in [0.25, 0.3) is 10.9 Å². The van der Waals surface area contributed by atoms with E-state index in [2.05, 4.69) is 16.3 Å². The lowest BCUT2D eigenvalue weighted by molar-refractivity contribution is -0.121. The minimum absolute atomic E-state index is 0.115. The Balaban J connectivity index is 1.54. The molecule has 29 heavy (non-hydrogen) atoms. The van der Waals surface area contributed by atoms with Gasteiger partial charge in [0.25, 0.3) is 0 Å². The number of carboxylic acid groups (broad SMARTS) is 1. The largest absolute Gasteiger partial charge is 0.497 e. The molecule has 1 fully saturated rings. The van der Waals surface area contributed by atoms with E-state index in [1.54, 1.807) is 7.11 Å². The summed E-state index contributed by atoms with van der Waals surface area (Å²) in [5.74, 6) is 1.94. The quantitative estimate of drug-likeness (QED) is 0.742. The summed E-state index contributed by atoms with van der Waals surface area (Å²) in [4.78, 5) is 31.0. The summed E-state index contributed by atoms with van der Waals surface area (Å²) in [5, 5.41) is 12.8. The van der Waals surface area contributed by atoms with Gasteiger partial charge in [-0.25, -0.2) is 9.78 Å². The van der Waals surface area contributed by atoms with Crippen molar-refractivity contribution in [1.82, 2.24) is 15.2 Å². The Labute approximate surface area is 170 Å². The lowest BCUT2D eigenvalue weighted by Gasteiger charge is -2.33. The van der Waals surface area contributed by atoms with Crippen LogP contribution in [0.4, 0.5) is 10.6 Å². The third-order valence-corrected chi connectivity index (χ3v) is 5.51. The van der Waals surface area contributed by atoms with Crippen LogP contribution in [0.2, 0.25) is 0 Å². The van der Waals surface area contributed by atoms with Crippen LogP contribution in [0.15, 0.2) is 30.3 Å². The molecule has 0 atom stereocenters. The molecule has 8 nitrogen and oxygen atoms in total. The molecular weight excluding hydrogens is 372 g/mol. The summed E-state index contributed by atoms with van der Waals surface area (Å²) in [5.41, 5.74) is 0.941. The molecule has 1 aliphatic heterocycles. The second-order valence-electron chi connectivity index (χ2n) is 7.32. The number of amides is 2. The van der Waals surface area contributed by atoms with Gasteiger partial charge in [0.15, 0.2) is 0 Å². The number of anilines is 1. The molecule has 2 N–H and O–H groups in total. The molecule has 1 saturated heterocycles. The van der Waals surface area contributed by atoms with E-state index in [-0.39, 0.29) is 12.5 Å². The topological polar surface area (TPSA) is 95.0 Å². The number of hydrogen-bond acceptors (Lipinski definition) is 5. The smallest absolute Gasteiger partial charge is 0.407 e. The highest BCUT2D eigenvalue weighted by molar-refractivity contribution is 5.82. The highest BCUT2D eigenvalue weighted by Gasteiger charge is 2.23. The van der Waals surface area contributed by atoms with Gasteiger partial charge < -0.3 is 20.1 Å². The van der Waals surface area contributed by atoms with Gasteiger partial charge in [0.05, 0.1) is 12.6 Å². The minimum atomic E-state index is -1.05. The van der Waals surface area contributed by atoms with Crippen molar-refractivity contribution >= 4 is 28.7 Å². The molecule has 0 spiro atoms. The van der Waals surface area contributed by atoms with Gasteiger partial charge in [-0.1, -0.05) is 0 Å². The number of rotatable bonds is 7. The highest BCUT2D eigenvalue weighted by atomic mass is 16.5. The van der Waals surface area contributed by atoms with Crippen LogP contribution in [0.1, 0.15) is 19.3 Å². The van der Waals surface area contributed by atoms with Crippen molar-refractivity contribution in [2.45, 2.75) is 19.3 Å². The maximum Gasteiger partial charge on any atom is 0.407 e. The zero-order chi connectivity index (χ0) is 20.8. The fourth-order valence-corrected chi connectivity index (χ4v) is 3.68. The average molecular weight is 400 g/mol. The van der Waals surface area contributed by atoms with E-state index in [0.29, 0.717) is 12.5 Å². The summed E-state index contributed by atoms with van der Waals surface area (Å²) in [6.45, 7) is 2.05. The number of pyridine rings is 1. The minimum Gasteiger partial charge on any atom is -0.497 e. The molecule has 0 radical (unpaired) electrons. The van der Waals surface area contributed by atoms with Crippen molar-refractivity contribution in [3.8, 4) is 5.75 Å². The fraction of sp³-hybridized carbons (Fsp3) is 0.476. The number of aromatic nitrogens is 1. The number of carbonyl (C=O) groups is 2. The number of likely N-dealkylation sites (N-methyl/N-ethyl adjacent to an activating group) is 1. The SMILES string of the molecule is CNC(=O)CN(CCC1CCN(c2ccc3cc(OC)ccc3n2)CC1)C(=O)O. The first-order valence-corrected chi connectivity index (χ1v) is 9.88. The summed E-state index contributed by atoms with van der Waals surface area (Å²) in [7, 11) is 3.16. The zero-order valence-corrected chi connectivity index (χ0v) is 16.9. The maximum absolute atomic E-state index is 11.5. The maximum atomic E-state index is 11.5. The van der Waals surface area contributed by atoms with Gasteiger partial charge in [-0.15, -0.1) is 0 Å². The van der Waals surface area contributed by atoms with Crippen LogP contribution < -0.4 is 15.0 Å². The van der Waals surface area contributed by atoms with Gasteiger partial charge in [-0.3, -0.25) is 9.69 Å². The van der Waals surface area contributed by atoms with E-state index in [9.17, 15) is 14.7 Å². The average Bonchev–Trinajstić information content (AvgIpc) is 2.75. The number of fused-ring (bicyclic) bond motifs is 1. The van der Waals surface area contributed by atoms with Crippen molar-refractivity contribution in [2.75, 3.05) is 45.2 Å². The molecule has 1 aromatic heterocycles. The van der Waals surface area contributed by atoms with E-state index in [1.165, 1.54) is 11.9 Å². The molecule has 0 bridgehead atoms. The van der Waals surface area contributed by atoms with Crippen molar-refractivity contribution < 1.29 is 19.4 Å². The molecule has 2 heterocycles. The van der Waals surface area contributed by atoms with E-state index in [0.717, 1.165) is 54.8 Å². The van der Waals surface area contributed by atoms with E-state index in [1.807, 2.05) is 24.3 Å². The van der Waals surface area contributed by atoms with E-state index >= 15 is 0 Å². The highest BCUT2D eigenvalue weighted by Crippen LogP contribution is 2.27. The second kappa shape index (κ2) is 9.45. The summed E-state index contributed by atoms with van der Waals surface area (Å²) in [6.07, 6.45) is 1.68. The van der Waals surface area contributed by atoms with Gasteiger partial charge >= 0.3 is 6.09 Å². The molecule has 0 aliphatic carbocycles. The molecule has 1 aromatic carbocycles. The van der Waals surface area contributed by atoms with Gasteiger partial charge in [-0.05, 0) is 55.5 Å². The molecule has 2 aromatic rings. The monoisotopic (exact) mass is 400 g/mol. The van der Waals surface area contributed by atoms with E-state index < -0.39 is 6.09 Å². The van der Waals surface area contributed by atoms with Crippen LogP contribution in [0.5, 0.6) is 5.75 Å². The number of ether oxygens (including phenoxy) is 1. The van der Waals surface area contributed by atoms with Crippen LogP contribution in [-0.4, -0.2) is 67.3 Å². The number of carbonyl (C=O) groups excluding carboxylic acids is 1. The van der Waals surface area contributed by atoms with Gasteiger partial charge in [0, 0.05) is 32.1 Å². The Morgan fingerprint density at radius 3 is 2.69 bits per heavy atom. The summed E-state index contributed by atoms with van der Waals surface area (Å²) < 4.78 is 5.26. The number of hydrogen-bond donors (Lipinski definition) is 2. The Morgan fingerprint density at radius 2 is 2.03 bits per heavy atom. The third-order valence-electron chi connectivity index (χ3n) is 5.51. The molecule has 1 aliphatic rings. The normalized spacial score (nSPS) is 14.6. The number of benzene rings is 1. The van der Waals surface area contributed by atoms with Crippen LogP contribution in [-0.2, 0) is 4.79 Å². The number of methoxy groups -OCH3 is 1. The predicted molar refractivity (Wildman–Crippen MR) is 112 cm³/mol. The molecule has 8 heteroatoms. The first-order chi connectivity index (χ1) is 14.0. The standard InChI is InChI=1S/C21H28N4O4/c1-22-20(26)14-25(21(27)28)12-9-15-7-10-24(11-8-15)19-6-3-16-13-17(29-2)4-5-18(16)23-19/h3-6,13,15H,7-12,14H2,1-2H3,(H,22,26)(H,27,28). The number of nitrogens with one attached hydrogen (secondary N) is 1. The predicted octanol–water partition coefficient (Wildman–Crippen LogP) is 2.58. The summed E-state index contributed by atoms with van der Waals surface area (Å²) in [6, 6.07) is 9.97. The van der Waals surface area contributed by atoms with Crippen molar-refractivity contribution in [1.29, 1.82) is 0 Å². The molecule has 0 saturated carbocycles. The van der Waals surface area contributed by atoms with Gasteiger partial charge in [-0.2, -0.15) is 0 Å². The Bertz CT molecular complexity index is 865. The lowest BCUT2D eigenvalue weighted by Crippen LogP contribution is -2.41. The Hall–Kier alpha value is -3.03. The van der Waals surface area contributed by atoms with Crippen LogP contribution >= 0.6 is 0 Å². The van der Waals surface area contributed by atoms with E-state index in [4.69, 9.17) is 9.72 Å². The third kappa shape index (κ3) is 5.28. The lowest BCUT2D eigenvalue weighted by atomic mass is 9.93. The fourth-order valence-electron chi connectivity index (χ4n) is 3.68. The molecule has 3 rings (SSSR count). The number of piperidine rings is 1. The molecule has 156 valence electrons. The Morgan fingerprint density at radius 1 is 1.28 bits per heavy atom. The van der Waals surface area contributed by atoms with Crippen molar-refractivity contribution in [2.24, 2.45) is 5.92 Å². The first kappa shape index (κ1) is 20.7. The summed E-state index contributed by atoms with van der Waals surface area (Å²) >= 11 is 0. The van der Waals surface area contributed by atoms with Gasteiger partial charge in [0.2, 0.25) is 5.91 Å². The number of nitrogens with zero attached hydrogens (tertiary/aromatic N) is 3. The van der Waals surface area contributed by atoms with Crippen molar-refractivity contribution in [3.05, 3.63) is 30.3 Å².